The van der Waals surface area contributed by atoms with E-state index >= 15 is 0 Å². The molecule has 0 bridgehead atoms. The molecule has 1 saturated heterocycles. The summed E-state index contributed by atoms with van der Waals surface area (Å²) in [5, 5.41) is 6.06. The van der Waals surface area contributed by atoms with E-state index in [9.17, 15) is 23.2 Å². The zero-order valence-electron chi connectivity index (χ0n) is 26.0. The molecule has 10 heteroatoms. The van der Waals surface area contributed by atoms with Gasteiger partial charge in [0.15, 0.2) is 0 Å². The molecule has 3 fully saturated rings. The number of fused-ring (bicyclic) bond motifs is 1. The number of amides is 3. The van der Waals surface area contributed by atoms with Crippen LogP contribution in [0.1, 0.15) is 85.9 Å². The third kappa shape index (κ3) is 7.71. The number of halogens is 2. The fourth-order valence-electron chi connectivity index (χ4n) is 6.34. The van der Waals surface area contributed by atoms with Gasteiger partial charge in [-0.1, -0.05) is 30.7 Å². The smallest absolute Gasteiger partial charge is 0.270 e. The Hall–Kier alpha value is -4.34. The van der Waals surface area contributed by atoms with Crippen LogP contribution in [0.5, 0.6) is 5.75 Å². The van der Waals surface area contributed by atoms with Gasteiger partial charge in [-0.2, -0.15) is 0 Å². The van der Waals surface area contributed by atoms with Crippen molar-refractivity contribution >= 4 is 34.7 Å². The van der Waals surface area contributed by atoms with Crippen molar-refractivity contribution in [3.63, 3.8) is 0 Å². The van der Waals surface area contributed by atoms with Crippen LogP contribution in [-0.4, -0.2) is 59.0 Å². The summed E-state index contributed by atoms with van der Waals surface area (Å²) in [6, 6.07) is 11.6. The highest BCUT2D eigenvalue weighted by Gasteiger charge is 2.40. The standard InChI is InChI=1S/C36H40F2N4O4/c1-22(30-14-13-29(46-28-5-3-2-4-6-28)18-24(30)10-9-23-7-8-23)40-36(45)33-19-27(38)21-42(33)34(43)20-39-35(44)32-15-11-25-17-26(37)12-16-31(25)41-32/h9-18,22-23,27-28,33H,2-8,19-21H2,1H3,(H,39,44)(H,40,45)/b10-9+/t22-,27-,33+/m1/s1. The maximum Gasteiger partial charge on any atom is 0.270 e. The van der Waals surface area contributed by atoms with Gasteiger partial charge in [-0.3, -0.25) is 14.4 Å². The molecule has 3 atom stereocenters. The molecule has 3 aromatic rings. The number of benzene rings is 2. The van der Waals surface area contributed by atoms with Gasteiger partial charge in [-0.05, 0) is 98.9 Å². The normalized spacial score (nSPS) is 21.0. The average molecular weight is 631 g/mol. The summed E-state index contributed by atoms with van der Waals surface area (Å²) in [6.07, 6.45) is 11.1. The summed E-state index contributed by atoms with van der Waals surface area (Å²) in [7, 11) is 0. The number of likely N-dealkylation sites (tertiary alicyclic amines) is 1. The molecule has 6 rings (SSSR count). The van der Waals surface area contributed by atoms with Crippen LogP contribution in [-0.2, 0) is 9.59 Å². The van der Waals surface area contributed by atoms with Crippen LogP contribution >= 0.6 is 0 Å². The molecule has 2 heterocycles. The third-order valence-corrected chi connectivity index (χ3v) is 9.07. The number of allylic oxidation sites excluding steroid dienone is 1. The number of pyridine rings is 1. The second-order valence-electron chi connectivity index (χ2n) is 12.7. The largest absolute Gasteiger partial charge is 0.490 e. The molecule has 1 aromatic heterocycles. The van der Waals surface area contributed by atoms with Crippen molar-refractivity contribution in [2.45, 2.75) is 82.6 Å². The van der Waals surface area contributed by atoms with Gasteiger partial charge in [0.25, 0.3) is 5.91 Å². The highest BCUT2D eigenvalue weighted by Crippen LogP contribution is 2.33. The maximum atomic E-state index is 14.6. The zero-order chi connectivity index (χ0) is 32.2. The van der Waals surface area contributed by atoms with E-state index in [1.807, 2.05) is 25.1 Å². The number of alkyl halides is 1. The molecule has 0 spiro atoms. The summed E-state index contributed by atoms with van der Waals surface area (Å²) in [4.78, 5) is 44.8. The Morgan fingerprint density at radius 2 is 1.85 bits per heavy atom. The summed E-state index contributed by atoms with van der Waals surface area (Å²) in [5.74, 6) is -0.649. The summed E-state index contributed by atoms with van der Waals surface area (Å²) in [6.45, 7) is 1.22. The number of ether oxygens (including phenoxy) is 1. The summed E-state index contributed by atoms with van der Waals surface area (Å²) < 4.78 is 34.4. The lowest BCUT2D eigenvalue weighted by atomic mass is 9.97. The van der Waals surface area contributed by atoms with Crippen LogP contribution in [0.25, 0.3) is 17.0 Å². The van der Waals surface area contributed by atoms with Crippen LogP contribution in [0.2, 0.25) is 0 Å². The quantitative estimate of drug-likeness (QED) is 0.284. The van der Waals surface area contributed by atoms with E-state index in [2.05, 4.69) is 27.8 Å². The molecule has 2 N–H and O–H groups in total. The van der Waals surface area contributed by atoms with E-state index in [1.54, 1.807) is 6.07 Å². The van der Waals surface area contributed by atoms with Gasteiger partial charge in [0, 0.05) is 11.8 Å². The molecule has 242 valence electrons. The molecule has 2 aliphatic carbocycles. The fraction of sp³-hybridized carbons (Fsp3) is 0.444. The van der Waals surface area contributed by atoms with Crippen LogP contribution < -0.4 is 15.4 Å². The third-order valence-electron chi connectivity index (χ3n) is 9.07. The molecule has 2 saturated carbocycles. The van der Waals surface area contributed by atoms with Crippen LogP contribution in [0.4, 0.5) is 8.78 Å². The number of carbonyl (C=O) groups excluding carboxylic acids is 3. The fourth-order valence-corrected chi connectivity index (χ4v) is 6.34. The number of aromatic nitrogens is 1. The van der Waals surface area contributed by atoms with Gasteiger partial charge in [0.05, 0.1) is 30.8 Å². The van der Waals surface area contributed by atoms with Gasteiger partial charge in [0.1, 0.15) is 29.5 Å². The first-order valence-electron chi connectivity index (χ1n) is 16.3. The number of rotatable bonds is 10. The Morgan fingerprint density at radius 1 is 1.04 bits per heavy atom. The molecule has 0 unspecified atom stereocenters. The van der Waals surface area contributed by atoms with Crippen molar-refractivity contribution in [2.75, 3.05) is 13.1 Å². The molecule has 46 heavy (non-hydrogen) atoms. The molecular weight excluding hydrogens is 590 g/mol. The Labute approximate surface area is 267 Å². The first kappa shape index (κ1) is 31.6. The van der Waals surface area contributed by atoms with Crippen molar-refractivity contribution in [3.8, 4) is 5.75 Å². The predicted molar refractivity (Wildman–Crippen MR) is 171 cm³/mol. The summed E-state index contributed by atoms with van der Waals surface area (Å²) >= 11 is 0. The molecule has 8 nitrogen and oxygen atoms in total. The van der Waals surface area contributed by atoms with Crippen LogP contribution in [0, 0.1) is 11.7 Å². The van der Waals surface area contributed by atoms with E-state index in [-0.39, 0.29) is 24.8 Å². The Balaban J connectivity index is 1.09. The van der Waals surface area contributed by atoms with Crippen molar-refractivity contribution in [3.05, 3.63) is 77.2 Å². The molecule has 3 amide bonds. The Morgan fingerprint density at radius 3 is 2.63 bits per heavy atom. The minimum atomic E-state index is -1.36. The SMILES string of the molecule is C[C@@H](NC(=O)[C@@H]1C[C@@H](F)CN1C(=O)CNC(=O)c1ccc2cc(F)ccc2n1)c1ccc(OC2CCCCC2)cc1/C=C/C1CC1. The van der Waals surface area contributed by atoms with Gasteiger partial charge < -0.3 is 20.3 Å². The first-order valence-corrected chi connectivity index (χ1v) is 16.3. The number of carbonyl (C=O) groups is 3. The number of nitrogens with zero attached hydrogens (tertiary/aromatic N) is 2. The van der Waals surface area contributed by atoms with Gasteiger partial charge in [-0.15, -0.1) is 0 Å². The van der Waals surface area contributed by atoms with Crippen molar-refractivity contribution in [1.29, 1.82) is 0 Å². The second kappa shape index (κ2) is 14.0. The van der Waals surface area contributed by atoms with E-state index in [0.29, 0.717) is 16.8 Å². The minimum Gasteiger partial charge on any atom is -0.490 e. The Kier molecular flexibility index (Phi) is 9.61. The monoisotopic (exact) mass is 630 g/mol. The highest BCUT2D eigenvalue weighted by atomic mass is 19.1. The van der Waals surface area contributed by atoms with E-state index < -0.39 is 48.3 Å². The lowest BCUT2D eigenvalue weighted by Crippen LogP contribution is -2.49. The Bertz CT molecular complexity index is 1640. The molecule has 3 aliphatic rings. The molecule has 1 aliphatic heterocycles. The average Bonchev–Trinajstić information content (AvgIpc) is 3.81. The number of hydrogen-bond donors (Lipinski definition) is 2. The van der Waals surface area contributed by atoms with Gasteiger partial charge in [0.2, 0.25) is 11.8 Å². The van der Waals surface area contributed by atoms with Gasteiger partial charge in [-0.25, -0.2) is 13.8 Å². The highest BCUT2D eigenvalue weighted by molar-refractivity contribution is 5.97. The van der Waals surface area contributed by atoms with Gasteiger partial charge >= 0.3 is 0 Å². The topological polar surface area (TPSA) is 101 Å². The lowest BCUT2D eigenvalue weighted by Gasteiger charge is -2.26. The lowest BCUT2D eigenvalue weighted by molar-refractivity contribution is -0.138. The number of nitrogens with one attached hydrogen (secondary N) is 2. The number of hydrogen-bond acceptors (Lipinski definition) is 5. The zero-order valence-corrected chi connectivity index (χ0v) is 26.0. The minimum absolute atomic E-state index is 0.0570. The van der Waals surface area contributed by atoms with E-state index in [1.165, 1.54) is 61.3 Å². The predicted octanol–water partition coefficient (Wildman–Crippen LogP) is 6.05. The van der Waals surface area contributed by atoms with Crippen molar-refractivity contribution in [2.24, 2.45) is 5.92 Å². The maximum absolute atomic E-state index is 14.6. The first-order chi connectivity index (χ1) is 22.2. The molecule has 2 aromatic carbocycles. The van der Waals surface area contributed by atoms with Crippen LogP contribution in [0.15, 0.2) is 54.6 Å². The van der Waals surface area contributed by atoms with E-state index in [0.717, 1.165) is 29.7 Å². The molecule has 0 radical (unpaired) electrons. The van der Waals surface area contributed by atoms with Crippen molar-refractivity contribution < 1.29 is 27.9 Å². The van der Waals surface area contributed by atoms with Crippen LogP contribution in [0.3, 0.4) is 0 Å². The molecular formula is C36H40F2N4O4. The van der Waals surface area contributed by atoms with E-state index in [4.69, 9.17) is 4.74 Å². The second-order valence-corrected chi connectivity index (χ2v) is 12.7. The summed E-state index contributed by atoms with van der Waals surface area (Å²) in [5.41, 5.74) is 2.36. The van der Waals surface area contributed by atoms with Crippen molar-refractivity contribution in [1.82, 2.24) is 20.5 Å².